The first kappa shape index (κ1) is 20.6. The fourth-order valence-corrected chi connectivity index (χ4v) is 2.56. The number of nitrogens with zero attached hydrogens (tertiary/aromatic N) is 1. The van der Waals surface area contributed by atoms with Gasteiger partial charge in [-0.1, -0.05) is 24.3 Å². The van der Waals surface area contributed by atoms with Crippen LogP contribution in [0.3, 0.4) is 0 Å². The third kappa shape index (κ3) is 6.49. The monoisotopic (exact) mass is 371 g/mol. The molecular weight excluding hydrogens is 342 g/mol. The molecule has 2 aromatic rings. The molecule has 2 rings (SSSR count). The number of nitrogens with one attached hydrogen (secondary N) is 2. The molecule has 146 valence electrons. The van der Waals surface area contributed by atoms with Crippen LogP contribution in [0.2, 0.25) is 0 Å². The fraction of sp³-hybridized carbons (Fsp3) is 0.381. The molecule has 2 aromatic carbocycles. The van der Waals surface area contributed by atoms with E-state index < -0.39 is 0 Å². The van der Waals surface area contributed by atoms with Crippen LogP contribution >= 0.6 is 0 Å². The molecule has 0 fully saturated rings. The van der Waals surface area contributed by atoms with Crippen molar-refractivity contribution in [2.75, 3.05) is 27.9 Å². The predicted octanol–water partition coefficient (Wildman–Crippen LogP) is 3.11. The highest BCUT2D eigenvalue weighted by molar-refractivity contribution is 5.79. The highest BCUT2D eigenvalue weighted by atomic mass is 16.5. The summed E-state index contributed by atoms with van der Waals surface area (Å²) in [7, 11) is 5.05. The van der Waals surface area contributed by atoms with Gasteiger partial charge in [0.2, 0.25) is 0 Å². The smallest absolute Gasteiger partial charge is 0.191 e. The minimum absolute atomic E-state index is 0.597. The molecule has 6 nitrogen and oxygen atoms in total. The zero-order chi connectivity index (χ0) is 19.5. The SMILES string of the molecule is CCOCc1ccc(CNC(=NC)NCc2ccc(OC)cc2OC)cc1. The van der Waals surface area contributed by atoms with Crippen LogP contribution < -0.4 is 20.1 Å². The molecule has 0 atom stereocenters. The summed E-state index contributed by atoms with van der Waals surface area (Å²) in [5.74, 6) is 2.28. The second-order valence-electron chi connectivity index (χ2n) is 5.91. The van der Waals surface area contributed by atoms with Crippen molar-refractivity contribution in [3.05, 3.63) is 59.2 Å². The van der Waals surface area contributed by atoms with Crippen molar-refractivity contribution in [2.24, 2.45) is 4.99 Å². The molecule has 2 N–H and O–H groups in total. The van der Waals surface area contributed by atoms with Crippen molar-refractivity contribution in [2.45, 2.75) is 26.6 Å². The highest BCUT2D eigenvalue weighted by Gasteiger charge is 2.06. The van der Waals surface area contributed by atoms with Gasteiger partial charge in [0.25, 0.3) is 0 Å². The van der Waals surface area contributed by atoms with Gasteiger partial charge >= 0.3 is 0 Å². The van der Waals surface area contributed by atoms with E-state index in [1.54, 1.807) is 21.3 Å². The Hall–Kier alpha value is -2.73. The third-order valence-electron chi connectivity index (χ3n) is 4.12. The van der Waals surface area contributed by atoms with Gasteiger partial charge in [0.1, 0.15) is 11.5 Å². The molecule has 0 bridgehead atoms. The summed E-state index contributed by atoms with van der Waals surface area (Å²) in [6.45, 7) is 4.66. The first-order chi connectivity index (χ1) is 13.2. The number of benzene rings is 2. The molecule has 0 aliphatic carbocycles. The van der Waals surface area contributed by atoms with Gasteiger partial charge in [-0.05, 0) is 30.2 Å². The lowest BCUT2D eigenvalue weighted by Crippen LogP contribution is -2.36. The number of methoxy groups -OCH3 is 2. The van der Waals surface area contributed by atoms with E-state index in [2.05, 4.69) is 39.9 Å². The Morgan fingerprint density at radius 1 is 0.926 bits per heavy atom. The first-order valence-corrected chi connectivity index (χ1v) is 9.01. The average Bonchev–Trinajstić information content (AvgIpc) is 2.73. The summed E-state index contributed by atoms with van der Waals surface area (Å²) in [5, 5.41) is 6.63. The van der Waals surface area contributed by atoms with Crippen LogP contribution in [-0.2, 0) is 24.4 Å². The molecule has 0 saturated carbocycles. The molecule has 0 heterocycles. The van der Waals surface area contributed by atoms with Gasteiger partial charge in [-0.25, -0.2) is 0 Å². The molecule has 0 amide bonds. The summed E-state index contributed by atoms with van der Waals surface area (Å²) >= 11 is 0. The Labute approximate surface area is 161 Å². The zero-order valence-corrected chi connectivity index (χ0v) is 16.5. The van der Waals surface area contributed by atoms with Crippen molar-refractivity contribution < 1.29 is 14.2 Å². The standard InChI is InChI=1S/C21H29N3O3/c1-5-27-15-17-8-6-16(7-9-17)13-23-21(22-2)24-14-18-10-11-19(25-3)12-20(18)26-4/h6-12H,5,13-15H2,1-4H3,(H2,22,23,24). The van der Waals surface area contributed by atoms with E-state index >= 15 is 0 Å². The fourth-order valence-electron chi connectivity index (χ4n) is 2.56. The van der Waals surface area contributed by atoms with Gasteiger partial charge < -0.3 is 24.8 Å². The Morgan fingerprint density at radius 3 is 2.26 bits per heavy atom. The van der Waals surface area contributed by atoms with Crippen LogP contribution in [0.5, 0.6) is 11.5 Å². The van der Waals surface area contributed by atoms with E-state index in [9.17, 15) is 0 Å². The van der Waals surface area contributed by atoms with Crippen LogP contribution in [0.15, 0.2) is 47.5 Å². The predicted molar refractivity (Wildman–Crippen MR) is 108 cm³/mol. The number of aliphatic imine (C=N–C) groups is 1. The maximum absolute atomic E-state index is 5.43. The van der Waals surface area contributed by atoms with Crippen molar-refractivity contribution in [3.8, 4) is 11.5 Å². The van der Waals surface area contributed by atoms with Crippen molar-refractivity contribution >= 4 is 5.96 Å². The van der Waals surface area contributed by atoms with Gasteiger partial charge in [-0.3, -0.25) is 4.99 Å². The van der Waals surface area contributed by atoms with E-state index in [0.29, 0.717) is 19.7 Å². The maximum atomic E-state index is 5.43. The van der Waals surface area contributed by atoms with Crippen molar-refractivity contribution in [1.29, 1.82) is 0 Å². The second-order valence-corrected chi connectivity index (χ2v) is 5.91. The molecule has 0 aliphatic rings. The van der Waals surface area contributed by atoms with Crippen LogP contribution in [0, 0.1) is 0 Å². The minimum Gasteiger partial charge on any atom is -0.497 e. The molecular formula is C21H29N3O3. The largest absolute Gasteiger partial charge is 0.497 e. The van der Waals surface area contributed by atoms with E-state index in [0.717, 1.165) is 29.6 Å². The van der Waals surface area contributed by atoms with E-state index in [1.807, 2.05) is 25.1 Å². The number of hydrogen-bond acceptors (Lipinski definition) is 4. The zero-order valence-electron chi connectivity index (χ0n) is 16.5. The van der Waals surface area contributed by atoms with Crippen LogP contribution in [-0.4, -0.2) is 33.8 Å². The maximum Gasteiger partial charge on any atom is 0.191 e. The van der Waals surface area contributed by atoms with Gasteiger partial charge in [-0.2, -0.15) is 0 Å². The molecule has 0 spiro atoms. The topological polar surface area (TPSA) is 64.1 Å². The van der Waals surface area contributed by atoms with Gasteiger partial charge in [0, 0.05) is 38.4 Å². The lowest BCUT2D eigenvalue weighted by Gasteiger charge is -2.14. The molecule has 0 saturated heterocycles. The third-order valence-corrected chi connectivity index (χ3v) is 4.12. The van der Waals surface area contributed by atoms with Crippen molar-refractivity contribution in [1.82, 2.24) is 10.6 Å². The van der Waals surface area contributed by atoms with Crippen LogP contribution in [0.4, 0.5) is 0 Å². The quantitative estimate of drug-likeness (QED) is 0.524. The van der Waals surface area contributed by atoms with Gasteiger partial charge in [0.05, 0.1) is 20.8 Å². The Morgan fingerprint density at radius 2 is 1.63 bits per heavy atom. The van der Waals surface area contributed by atoms with E-state index in [1.165, 1.54) is 11.1 Å². The Balaban J connectivity index is 1.87. The number of ether oxygens (including phenoxy) is 3. The summed E-state index contributed by atoms with van der Waals surface area (Å²) in [4.78, 5) is 4.27. The minimum atomic E-state index is 0.597. The highest BCUT2D eigenvalue weighted by Crippen LogP contribution is 2.24. The lowest BCUT2D eigenvalue weighted by atomic mass is 10.1. The number of hydrogen-bond donors (Lipinski definition) is 2. The van der Waals surface area contributed by atoms with Crippen LogP contribution in [0.25, 0.3) is 0 Å². The average molecular weight is 371 g/mol. The Bertz CT molecular complexity index is 730. The second kappa shape index (κ2) is 11.1. The first-order valence-electron chi connectivity index (χ1n) is 9.01. The molecule has 6 heteroatoms. The molecule has 0 unspecified atom stereocenters. The van der Waals surface area contributed by atoms with Crippen molar-refractivity contribution in [3.63, 3.8) is 0 Å². The normalized spacial score (nSPS) is 11.2. The van der Waals surface area contributed by atoms with Gasteiger partial charge in [-0.15, -0.1) is 0 Å². The van der Waals surface area contributed by atoms with E-state index in [4.69, 9.17) is 14.2 Å². The summed E-state index contributed by atoms with van der Waals surface area (Å²) in [6, 6.07) is 14.1. The summed E-state index contributed by atoms with van der Waals surface area (Å²) in [6.07, 6.45) is 0. The summed E-state index contributed by atoms with van der Waals surface area (Å²) < 4.78 is 16.1. The molecule has 0 aliphatic heterocycles. The van der Waals surface area contributed by atoms with E-state index in [-0.39, 0.29) is 0 Å². The number of rotatable bonds is 9. The number of guanidine groups is 1. The molecule has 27 heavy (non-hydrogen) atoms. The molecule has 0 radical (unpaired) electrons. The Kier molecular flexibility index (Phi) is 8.45. The lowest BCUT2D eigenvalue weighted by molar-refractivity contribution is 0.134. The van der Waals surface area contributed by atoms with Gasteiger partial charge in [0.15, 0.2) is 5.96 Å². The molecule has 0 aromatic heterocycles. The van der Waals surface area contributed by atoms with Crippen LogP contribution in [0.1, 0.15) is 23.6 Å². The summed E-state index contributed by atoms with van der Waals surface area (Å²) in [5.41, 5.74) is 3.39.